The molecular weight excluding hydrogens is 182 g/mol. The van der Waals surface area contributed by atoms with Gasteiger partial charge in [-0.3, -0.25) is 0 Å². The number of hydrogen-bond donors (Lipinski definition) is 1. The lowest BCUT2D eigenvalue weighted by Crippen LogP contribution is -2.06. The number of aromatic nitrogens is 6. The highest BCUT2D eigenvalue weighted by Crippen LogP contribution is 2.02. The van der Waals surface area contributed by atoms with Gasteiger partial charge < -0.3 is 5.73 Å². The van der Waals surface area contributed by atoms with E-state index in [-0.39, 0.29) is 5.95 Å². The number of nitrogens with zero attached hydrogens (tertiary/aromatic N) is 6. The highest BCUT2D eigenvalue weighted by Gasteiger charge is 2.05. The van der Waals surface area contributed by atoms with Crippen LogP contribution in [-0.4, -0.2) is 29.9 Å². The SMILES string of the molecule is Cc1nnc(-n2cnc(N)n2)nc1C. The summed E-state index contributed by atoms with van der Waals surface area (Å²) in [5.74, 6) is 0.559. The lowest BCUT2D eigenvalue weighted by atomic mass is 10.4. The Morgan fingerprint density at radius 1 is 1.21 bits per heavy atom. The molecule has 0 amide bonds. The lowest BCUT2D eigenvalue weighted by molar-refractivity contribution is 0.753. The van der Waals surface area contributed by atoms with Crippen molar-refractivity contribution in [2.24, 2.45) is 0 Å². The molecule has 7 heteroatoms. The number of aryl methyl sites for hydroxylation is 2. The van der Waals surface area contributed by atoms with Crippen molar-refractivity contribution >= 4 is 5.95 Å². The first-order valence-electron chi connectivity index (χ1n) is 4.02. The summed E-state index contributed by atoms with van der Waals surface area (Å²) in [6.07, 6.45) is 1.45. The van der Waals surface area contributed by atoms with Crippen LogP contribution in [0.4, 0.5) is 5.95 Å². The number of nitrogen functional groups attached to an aromatic ring is 1. The van der Waals surface area contributed by atoms with Crippen molar-refractivity contribution in [2.75, 3.05) is 5.73 Å². The Morgan fingerprint density at radius 2 is 2.00 bits per heavy atom. The molecule has 0 unspecified atom stereocenters. The van der Waals surface area contributed by atoms with Crippen LogP contribution in [0.2, 0.25) is 0 Å². The van der Waals surface area contributed by atoms with Crippen LogP contribution in [0.5, 0.6) is 0 Å². The van der Waals surface area contributed by atoms with E-state index in [1.54, 1.807) is 0 Å². The van der Waals surface area contributed by atoms with Crippen molar-refractivity contribution in [3.05, 3.63) is 17.7 Å². The maximum Gasteiger partial charge on any atom is 0.271 e. The van der Waals surface area contributed by atoms with Gasteiger partial charge in [0.2, 0.25) is 5.95 Å². The predicted molar refractivity (Wildman–Crippen MR) is 48.6 cm³/mol. The Morgan fingerprint density at radius 3 is 2.57 bits per heavy atom. The zero-order valence-electron chi connectivity index (χ0n) is 7.84. The molecule has 0 radical (unpaired) electrons. The second kappa shape index (κ2) is 3.02. The molecule has 2 N–H and O–H groups in total. The summed E-state index contributed by atoms with van der Waals surface area (Å²) < 4.78 is 1.38. The smallest absolute Gasteiger partial charge is 0.271 e. The van der Waals surface area contributed by atoms with E-state index in [0.717, 1.165) is 11.4 Å². The van der Waals surface area contributed by atoms with Crippen LogP contribution in [0.15, 0.2) is 6.33 Å². The first-order chi connectivity index (χ1) is 6.66. The summed E-state index contributed by atoms with van der Waals surface area (Å²) in [4.78, 5) is 7.95. The maximum absolute atomic E-state index is 5.36. The van der Waals surface area contributed by atoms with Crippen molar-refractivity contribution in [3.8, 4) is 5.95 Å². The summed E-state index contributed by atoms with van der Waals surface area (Å²) in [7, 11) is 0. The van der Waals surface area contributed by atoms with Gasteiger partial charge in [-0.25, -0.2) is 9.97 Å². The molecule has 0 aromatic carbocycles. The lowest BCUT2D eigenvalue weighted by Gasteiger charge is -1.99. The molecule has 0 aliphatic rings. The van der Waals surface area contributed by atoms with E-state index >= 15 is 0 Å². The molecule has 0 saturated heterocycles. The van der Waals surface area contributed by atoms with Gasteiger partial charge in [0.25, 0.3) is 5.95 Å². The van der Waals surface area contributed by atoms with E-state index in [1.165, 1.54) is 11.0 Å². The third-order valence-electron chi connectivity index (χ3n) is 1.80. The minimum atomic E-state index is 0.187. The topological polar surface area (TPSA) is 95.4 Å². The molecule has 2 rings (SSSR count). The van der Waals surface area contributed by atoms with Gasteiger partial charge in [-0.15, -0.1) is 10.2 Å². The molecule has 0 aliphatic carbocycles. The highest BCUT2D eigenvalue weighted by atomic mass is 15.4. The van der Waals surface area contributed by atoms with Crippen molar-refractivity contribution in [2.45, 2.75) is 13.8 Å². The fraction of sp³-hybridized carbons (Fsp3) is 0.286. The van der Waals surface area contributed by atoms with Crippen LogP contribution < -0.4 is 5.73 Å². The van der Waals surface area contributed by atoms with E-state index in [0.29, 0.717) is 5.95 Å². The van der Waals surface area contributed by atoms with Crippen LogP contribution >= 0.6 is 0 Å². The van der Waals surface area contributed by atoms with E-state index in [4.69, 9.17) is 5.73 Å². The average Bonchev–Trinajstić information content (AvgIpc) is 2.57. The van der Waals surface area contributed by atoms with Gasteiger partial charge in [-0.05, 0) is 13.8 Å². The van der Waals surface area contributed by atoms with E-state index in [9.17, 15) is 0 Å². The third-order valence-corrected chi connectivity index (χ3v) is 1.80. The van der Waals surface area contributed by atoms with E-state index in [1.807, 2.05) is 13.8 Å². The highest BCUT2D eigenvalue weighted by molar-refractivity contribution is 5.17. The van der Waals surface area contributed by atoms with Gasteiger partial charge >= 0.3 is 0 Å². The standard InChI is InChI=1S/C7H9N7/c1-4-5(2)11-12-7(10-4)14-3-9-6(8)13-14/h3H,1-2H3,(H2,8,13). The first-order valence-corrected chi connectivity index (χ1v) is 4.02. The molecule has 72 valence electrons. The predicted octanol–water partition coefficient (Wildman–Crippen LogP) is -0.349. The van der Waals surface area contributed by atoms with Gasteiger partial charge in [0.1, 0.15) is 6.33 Å². The molecule has 0 fully saturated rings. The fourth-order valence-corrected chi connectivity index (χ4v) is 0.915. The van der Waals surface area contributed by atoms with Crippen molar-refractivity contribution in [3.63, 3.8) is 0 Å². The number of nitrogens with two attached hydrogens (primary N) is 1. The number of hydrogen-bond acceptors (Lipinski definition) is 6. The Kier molecular flexibility index (Phi) is 1.84. The van der Waals surface area contributed by atoms with Crippen molar-refractivity contribution in [1.29, 1.82) is 0 Å². The van der Waals surface area contributed by atoms with Crippen LogP contribution in [0, 0.1) is 13.8 Å². The fourth-order valence-electron chi connectivity index (χ4n) is 0.915. The van der Waals surface area contributed by atoms with Crippen LogP contribution in [0.1, 0.15) is 11.4 Å². The summed E-state index contributed by atoms with van der Waals surface area (Å²) in [5, 5.41) is 11.7. The molecule has 7 nitrogen and oxygen atoms in total. The maximum atomic E-state index is 5.36. The number of anilines is 1. The monoisotopic (exact) mass is 191 g/mol. The van der Waals surface area contributed by atoms with E-state index < -0.39 is 0 Å². The summed E-state index contributed by atoms with van der Waals surface area (Å²) in [6, 6.07) is 0. The molecule has 0 bridgehead atoms. The van der Waals surface area contributed by atoms with Gasteiger partial charge in [0.15, 0.2) is 0 Å². The van der Waals surface area contributed by atoms with Gasteiger partial charge in [0, 0.05) is 0 Å². The average molecular weight is 191 g/mol. The van der Waals surface area contributed by atoms with Gasteiger partial charge in [-0.2, -0.15) is 9.78 Å². The van der Waals surface area contributed by atoms with Crippen LogP contribution in [0.25, 0.3) is 5.95 Å². The third kappa shape index (κ3) is 1.39. The second-order valence-electron chi connectivity index (χ2n) is 2.83. The minimum absolute atomic E-state index is 0.187. The summed E-state index contributed by atoms with van der Waals surface area (Å²) >= 11 is 0. The Balaban J connectivity index is 2.47. The van der Waals surface area contributed by atoms with Crippen LogP contribution in [0.3, 0.4) is 0 Å². The number of rotatable bonds is 1. The molecule has 0 aliphatic heterocycles. The minimum Gasteiger partial charge on any atom is -0.366 e. The largest absolute Gasteiger partial charge is 0.366 e. The quantitative estimate of drug-likeness (QED) is 0.662. The Bertz CT molecular complexity index is 461. The van der Waals surface area contributed by atoms with E-state index in [2.05, 4.69) is 25.3 Å². The van der Waals surface area contributed by atoms with Crippen molar-refractivity contribution < 1.29 is 0 Å². The molecule has 2 aromatic heterocycles. The summed E-state index contributed by atoms with van der Waals surface area (Å²) in [6.45, 7) is 3.70. The zero-order chi connectivity index (χ0) is 10.1. The van der Waals surface area contributed by atoms with Crippen molar-refractivity contribution in [1.82, 2.24) is 29.9 Å². The Labute approximate surface area is 80.0 Å². The van der Waals surface area contributed by atoms with Gasteiger partial charge in [0.05, 0.1) is 11.4 Å². The summed E-state index contributed by atoms with van der Waals surface area (Å²) in [5.41, 5.74) is 6.97. The molecule has 0 spiro atoms. The van der Waals surface area contributed by atoms with Crippen LogP contribution in [-0.2, 0) is 0 Å². The second-order valence-corrected chi connectivity index (χ2v) is 2.83. The van der Waals surface area contributed by atoms with Gasteiger partial charge in [-0.1, -0.05) is 0 Å². The molecule has 2 heterocycles. The first kappa shape index (κ1) is 8.54. The molecular formula is C7H9N7. The molecule has 0 saturated carbocycles. The normalized spacial score (nSPS) is 10.4. The molecule has 14 heavy (non-hydrogen) atoms. The Hall–Kier alpha value is -2.05. The molecule has 2 aromatic rings. The molecule has 0 atom stereocenters. The zero-order valence-corrected chi connectivity index (χ0v) is 7.84.